The smallest absolute Gasteiger partial charge is 0.339 e. The van der Waals surface area contributed by atoms with E-state index < -0.39 is 46.8 Å². The molecule has 284 valence electrons. The summed E-state index contributed by atoms with van der Waals surface area (Å²) in [7, 11) is 0. The molecule has 1 unspecified atom stereocenters. The molecular weight excluding hydrogens is 749 g/mol. The number of carbonyl (C=O) groups is 4. The monoisotopic (exact) mass is 782 g/mol. The molecule has 8 aromatic carbocycles. The van der Waals surface area contributed by atoms with Gasteiger partial charge in [0, 0.05) is 0 Å². The number of ether oxygens (including phenoxy) is 4. The lowest BCUT2D eigenvalue weighted by Gasteiger charge is -2.25. The Morgan fingerprint density at radius 2 is 0.707 bits per heavy atom. The van der Waals surface area contributed by atoms with E-state index >= 15 is 0 Å². The van der Waals surface area contributed by atoms with Crippen LogP contribution in [0.2, 0.25) is 0 Å². The van der Waals surface area contributed by atoms with E-state index in [9.17, 15) is 19.2 Å². The third-order valence-electron chi connectivity index (χ3n) is 10.3. The van der Waals surface area contributed by atoms with Crippen LogP contribution in [0.5, 0.6) is 0 Å². The maximum absolute atomic E-state index is 14.0. The first-order valence-corrected chi connectivity index (χ1v) is 19.7. The summed E-state index contributed by atoms with van der Waals surface area (Å²) in [4.78, 5) is 55.4. The first-order chi connectivity index (χ1) is 28.4. The van der Waals surface area contributed by atoms with Crippen molar-refractivity contribution >= 4 is 78.7 Å². The molecule has 1 aliphatic heterocycles. The molecule has 8 aromatic rings. The van der Waals surface area contributed by atoms with Crippen molar-refractivity contribution in [3.63, 3.8) is 0 Å². The standard InChI is InChI=1S/C49H34O8S/c50-45(38-21-17-30-9-1-5-13-34(30)25-38)54-29-42-43(55-46(51)39-22-18-31-10-2-6-14-35(31)26-39)44(56-47(52)40-23-19-32-11-3-7-15-36(32)27-40)49(58-42)57-48(53)41-24-20-33-12-4-8-16-37(33)28-41/h1-28,42-44,49H,29H2/t42-,43-,44+,49?/m0/s1. The quantitative estimate of drug-likeness (QED) is 0.105. The largest absolute Gasteiger partial charge is 0.461 e. The predicted molar refractivity (Wildman–Crippen MR) is 225 cm³/mol. The predicted octanol–water partition coefficient (Wildman–Crippen LogP) is 10.2. The molecule has 0 spiro atoms. The Morgan fingerprint density at radius 1 is 0.379 bits per heavy atom. The molecule has 0 N–H and O–H groups in total. The molecular formula is C49H34O8S. The van der Waals surface area contributed by atoms with Gasteiger partial charge in [-0.3, -0.25) is 0 Å². The van der Waals surface area contributed by atoms with Crippen molar-refractivity contribution in [3.05, 3.63) is 192 Å². The zero-order valence-electron chi connectivity index (χ0n) is 30.9. The van der Waals surface area contributed by atoms with Gasteiger partial charge in [-0.2, -0.15) is 0 Å². The van der Waals surface area contributed by atoms with E-state index in [1.807, 2.05) is 121 Å². The van der Waals surface area contributed by atoms with Crippen LogP contribution in [0.1, 0.15) is 41.4 Å². The summed E-state index contributed by atoms with van der Waals surface area (Å²) in [5.74, 6) is -2.64. The lowest BCUT2D eigenvalue weighted by atomic mass is 10.1. The fraction of sp³-hybridized carbons (Fsp3) is 0.102. The second-order valence-corrected chi connectivity index (χ2v) is 15.4. The highest BCUT2D eigenvalue weighted by Crippen LogP contribution is 2.41. The first-order valence-electron chi connectivity index (χ1n) is 18.8. The summed E-state index contributed by atoms with van der Waals surface area (Å²) in [6.45, 7) is -0.250. The first kappa shape index (κ1) is 36.7. The van der Waals surface area contributed by atoms with Gasteiger partial charge in [-0.15, -0.1) is 11.8 Å². The lowest BCUT2D eigenvalue weighted by Crippen LogP contribution is -2.42. The van der Waals surface area contributed by atoms with Gasteiger partial charge in [-0.1, -0.05) is 121 Å². The van der Waals surface area contributed by atoms with Gasteiger partial charge in [0.2, 0.25) is 0 Å². The summed E-state index contributed by atoms with van der Waals surface area (Å²) < 4.78 is 24.4. The Hall–Kier alpha value is -6.97. The maximum atomic E-state index is 14.0. The number of hydrogen-bond donors (Lipinski definition) is 0. The summed E-state index contributed by atoms with van der Waals surface area (Å²) in [5, 5.41) is 6.37. The highest BCUT2D eigenvalue weighted by Gasteiger charge is 2.52. The van der Waals surface area contributed by atoms with Gasteiger partial charge in [0.15, 0.2) is 17.6 Å². The highest BCUT2D eigenvalue weighted by molar-refractivity contribution is 8.00. The van der Waals surface area contributed by atoms with Crippen molar-refractivity contribution in [3.8, 4) is 0 Å². The third-order valence-corrected chi connectivity index (χ3v) is 11.7. The van der Waals surface area contributed by atoms with E-state index in [0.29, 0.717) is 5.56 Å². The normalized spacial score (nSPS) is 17.6. The number of esters is 4. The van der Waals surface area contributed by atoms with Crippen molar-refractivity contribution in [1.29, 1.82) is 0 Å². The molecule has 0 bridgehead atoms. The van der Waals surface area contributed by atoms with Crippen LogP contribution in [0.3, 0.4) is 0 Å². The van der Waals surface area contributed by atoms with E-state index in [0.717, 1.165) is 54.9 Å². The second kappa shape index (κ2) is 15.9. The summed E-state index contributed by atoms with van der Waals surface area (Å²) in [5.41, 5.74) is 0.00262. The van der Waals surface area contributed by atoms with Crippen molar-refractivity contribution in [2.45, 2.75) is 22.9 Å². The van der Waals surface area contributed by atoms with Crippen LogP contribution in [0, 0.1) is 0 Å². The van der Waals surface area contributed by atoms with Crippen LogP contribution in [0.25, 0.3) is 43.1 Å². The summed E-state index contributed by atoms with van der Waals surface area (Å²) >= 11 is 1.10. The molecule has 4 atom stereocenters. The molecule has 0 saturated carbocycles. The number of hydrogen-bond acceptors (Lipinski definition) is 9. The molecule has 0 aromatic heterocycles. The Labute approximate surface area is 337 Å². The molecule has 1 saturated heterocycles. The number of thioether (sulfide) groups is 1. The minimum atomic E-state index is -1.29. The molecule has 1 fully saturated rings. The minimum absolute atomic E-state index is 0.250. The third kappa shape index (κ3) is 7.60. The van der Waals surface area contributed by atoms with Crippen molar-refractivity contribution in [2.24, 2.45) is 0 Å². The molecule has 58 heavy (non-hydrogen) atoms. The van der Waals surface area contributed by atoms with Crippen LogP contribution in [0.4, 0.5) is 0 Å². The number of fused-ring (bicyclic) bond motifs is 4. The lowest BCUT2D eigenvalue weighted by molar-refractivity contribution is -0.0607. The van der Waals surface area contributed by atoms with Crippen LogP contribution in [-0.4, -0.2) is 53.4 Å². The van der Waals surface area contributed by atoms with Gasteiger partial charge in [0.05, 0.1) is 27.5 Å². The average molecular weight is 783 g/mol. The Balaban J connectivity index is 1.05. The van der Waals surface area contributed by atoms with Gasteiger partial charge >= 0.3 is 23.9 Å². The van der Waals surface area contributed by atoms with E-state index in [1.54, 1.807) is 48.5 Å². The average Bonchev–Trinajstić information content (AvgIpc) is 3.58. The summed E-state index contributed by atoms with van der Waals surface area (Å²) in [6.07, 6.45) is -2.49. The molecule has 9 rings (SSSR count). The topological polar surface area (TPSA) is 105 Å². The van der Waals surface area contributed by atoms with E-state index in [2.05, 4.69) is 0 Å². The zero-order chi connectivity index (χ0) is 39.6. The van der Waals surface area contributed by atoms with Gasteiger partial charge < -0.3 is 18.9 Å². The van der Waals surface area contributed by atoms with E-state index in [4.69, 9.17) is 18.9 Å². The molecule has 0 amide bonds. The molecule has 0 radical (unpaired) electrons. The number of benzene rings is 8. The number of rotatable bonds is 9. The van der Waals surface area contributed by atoms with Gasteiger partial charge in [-0.25, -0.2) is 19.2 Å². The fourth-order valence-corrected chi connectivity index (χ4v) is 8.62. The van der Waals surface area contributed by atoms with Gasteiger partial charge in [0.25, 0.3) is 0 Å². The Kier molecular flexibility index (Phi) is 10.0. The minimum Gasteiger partial charge on any atom is -0.461 e. The molecule has 1 aliphatic rings. The molecule has 0 aliphatic carbocycles. The molecule has 8 nitrogen and oxygen atoms in total. The molecule has 9 heteroatoms. The maximum Gasteiger partial charge on any atom is 0.339 e. The highest BCUT2D eigenvalue weighted by atomic mass is 32.2. The van der Waals surface area contributed by atoms with Crippen molar-refractivity contribution in [1.82, 2.24) is 0 Å². The number of carbonyl (C=O) groups excluding carboxylic acids is 4. The zero-order valence-corrected chi connectivity index (χ0v) is 31.7. The van der Waals surface area contributed by atoms with Crippen LogP contribution < -0.4 is 0 Å². The summed E-state index contributed by atoms with van der Waals surface area (Å²) in [6, 6.07) is 51.4. The van der Waals surface area contributed by atoms with Gasteiger partial charge in [-0.05, 0) is 91.6 Å². The second-order valence-electron chi connectivity index (χ2n) is 14.0. The Bertz CT molecular complexity index is 2890. The van der Waals surface area contributed by atoms with E-state index in [1.165, 1.54) is 0 Å². The molecule has 1 heterocycles. The fourth-order valence-electron chi connectivity index (χ4n) is 7.25. The van der Waals surface area contributed by atoms with Crippen LogP contribution in [0.15, 0.2) is 170 Å². The van der Waals surface area contributed by atoms with Gasteiger partial charge in [0.1, 0.15) is 6.61 Å². The van der Waals surface area contributed by atoms with E-state index in [-0.39, 0.29) is 23.3 Å². The van der Waals surface area contributed by atoms with Crippen molar-refractivity contribution < 1.29 is 38.1 Å². The van der Waals surface area contributed by atoms with Crippen LogP contribution >= 0.6 is 11.8 Å². The Morgan fingerprint density at radius 3 is 1.10 bits per heavy atom. The SMILES string of the molecule is O=C(OC[C@@H]1SC(OC(=O)c2ccc3ccccc3c2)[C@H](OC(=O)c2ccc3ccccc3c2)[C@H]1OC(=O)c1ccc2ccccc2c1)c1ccc2ccccc2c1. The van der Waals surface area contributed by atoms with Crippen LogP contribution in [-0.2, 0) is 18.9 Å². The van der Waals surface area contributed by atoms with Crippen molar-refractivity contribution in [2.75, 3.05) is 6.61 Å².